The van der Waals surface area contributed by atoms with Crippen molar-refractivity contribution in [2.24, 2.45) is 17.8 Å². The third kappa shape index (κ3) is 3.66. The number of ether oxygens (including phenoxy) is 1. The number of para-hydroxylation sites is 1. The lowest BCUT2D eigenvalue weighted by Crippen LogP contribution is -2.28. The van der Waals surface area contributed by atoms with Gasteiger partial charge in [-0.3, -0.25) is 0 Å². The number of carbonyl (C=O) groups is 1. The molecule has 3 heteroatoms. The van der Waals surface area contributed by atoms with Crippen LogP contribution in [-0.2, 0) is 4.74 Å². The highest BCUT2D eigenvalue weighted by Gasteiger charge is 2.26. The predicted octanol–water partition coefficient (Wildman–Crippen LogP) is 4.12. The lowest BCUT2D eigenvalue weighted by Gasteiger charge is -2.33. The maximum Gasteiger partial charge on any atom is 0.339 e. The molecule has 1 aromatic carbocycles. The fourth-order valence-electron chi connectivity index (χ4n) is 3.12. The molecular weight excluding hydrogens is 262 g/mol. The van der Waals surface area contributed by atoms with Gasteiger partial charge in [-0.2, -0.15) is 0 Å². The molecule has 0 aromatic heterocycles. The number of benzene rings is 1. The molecule has 0 aliphatic heterocycles. The van der Waals surface area contributed by atoms with Crippen LogP contribution in [0.4, 0.5) is 5.69 Å². The Labute approximate surface area is 127 Å². The predicted molar refractivity (Wildman–Crippen MR) is 86.5 cm³/mol. The van der Waals surface area contributed by atoms with E-state index in [1.165, 1.54) is 12.7 Å². The standard InChI is InChI=1S/C18H25NO2/c1-12-9-13(2)14(3)15(10-12)11-19-17-8-6-5-7-16(17)18(20)21-4/h5-9,13-15,19H,10-11H2,1-4H3. The van der Waals surface area contributed by atoms with Crippen LogP contribution in [0.5, 0.6) is 0 Å². The quantitative estimate of drug-likeness (QED) is 0.668. The molecule has 2 rings (SSSR count). The molecule has 1 aliphatic rings. The summed E-state index contributed by atoms with van der Waals surface area (Å²) in [6.07, 6.45) is 3.50. The summed E-state index contributed by atoms with van der Waals surface area (Å²) in [6, 6.07) is 7.53. The number of rotatable bonds is 4. The lowest BCUT2D eigenvalue weighted by molar-refractivity contribution is 0.0602. The van der Waals surface area contributed by atoms with E-state index in [0.29, 0.717) is 23.3 Å². The van der Waals surface area contributed by atoms with Gasteiger partial charge in [-0.1, -0.05) is 37.6 Å². The molecule has 0 bridgehead atoms. The molecule has 114 valence electrons. The van der Waals surface area contributed by atoms with Crippen LogP contribution in [0, 0.1) is 17.8 Å². The Balaban J connectivity index is 2.07. The minimum absolute atomic E-state index is 0.292. The summed E-state index contributed by atoms with van der Waals surface area (Å²) in [6.45, 7) is 7.68. The van der Waals surface area contributed by atoms with E-state index in [2.05, 4.69) is 32.2 Å². The van der Waals surface area contributed by atoms with Crippen molar-refractivity contribution in [2.45, 2.75) is 27.2 Å². The Morgan fingerprint density at radius 2 is 2.05 bits per heavy atom. The highest BCUT2D eigenvalue weighted by Crippen LogP contribution is 2.33. The zero-order valence-corrected chi connectivity index (χ0v) is 13.3. The topological polar surface area (TPSA) is 38.3 Å². The smallest absolute Gasteiger partial charge is 0.339 e. The number of hydrogen-bond acceptors (Lipinski definition) is 3. The zero-order chi connectivity index (χ0) is 15.4. The summed E-state index contributed by atoms with van der Waals surface area (Å²) in [5.41, 5.74) is 2.92. The number of carbonyl (C=O) groups excluding carboxylic acids is 1. The molecule has 1 aromatic rings. The Morgan fingerprint density at radius 1 is 1.33 bits per heavy atom. The first-order chi connectivity index (χ1) is 10.0. The molecule has 3 atom stereocenters. The zero-order valence-electron chi connectivity index (χ0n) is 13.3. The summed E-state index contributed by atoms with van der Waals surface area (Å²) < 4.78 is 4.84. The van der Waals surface area contributed by atoms with E-state index in [4.69, 9.17) is 4.74 Å². The van der Waals surface area contributed by atoms with Gasteiger partial charge in [-0.05, 0) is 43.2 Å². The lowest BCUT2D eigenvalue weighted by atomic mass is 9.75. The number of nitrogens with one attached hydrogen (secondary N) is 1. The normalized spacial score (nSPS) is 25.1. The van der Waals surface area contributed by atoms with E-state index in [9.17, 15) is 4.79 Å². The second kappa shape index (κ2) is 6.79. The molecule has 1 N–H and O–H groups in total. The molecular formula is C18H25NO2. The number of esters is 1. The average Bonchev–Trinajstić information content (AvgIpc) is 2.49. The molecule has 0 saturated heterocycles. The fourth-order valence-corrected chi connectivity index (χ4v) is 3.12. The molecule has 21 heavy (non-hydrogen) atoms. The minimum atomic E-state index is -0.292. The van der Waals surface area contributed by atoms with Crippen molar-refractivity contribution in [1.82, 2.24) is 0 Å². The molecule has 1 aliphatic carbocycles. The summed E-state index contributed by atoms with van der Waals surface area (Å²) in [5, 5.41) is 3.44. The van der Waals surface area contributed by atoms with Gasteiger partial charge in [-0.25, -0.2) is 4.79 Å². The Hall–Kier alpha value is -1.77. The van der Waals surface area contributed by atoms with Crippen LogP contribution in [0.2, 0.25) is 0 Å². The number of methoxy groups -OCH3 is 1. The van der Waals surface area contributed by atoms with Gasteiger partial charge < -0.3 is 10.1 Å². The molecule has 0 fully saturated rings. The van der Waals surface area contributed by atoms with Crippen molar-refractivity contribution in [3.05, 3.63) is 41.5 Å². The Kier molecular flexibility index (Phi) is 5.05. The van der Waals surface area contributed by atoms with Crippen molar-refractivity contribution in [2.75, 3.05) is 19.0 Å². The van der Waals surface area contributed by atoms with Crippen LogP contribution in [0.1, 0.15) is 37.6 Å². The highest BCUT2D eigenvalue weighted by atomic mass is 16.5. The van der Waals surface area contributed by atoms with E-state index < -0.39 is 0 Å². The third-order valence-electron chi connectivity index (χ3n) is 4.59. The molecule has 3 unspecified atom stereocenters. The van der Waals surface area contributed by atoms with E-state index >= 15 is 0 Å². The molecule has 0 radical (unpaired) electrons. The van der Waals surface area contributed by atoms with Crippen LogP contribution in [0.3, 0.4) is 0 Å². The van der Waals surface area contributed by atoms with Gasteiger partial charge in [0.2, 0.25) is 0 Å². The Morgan fingerprint density at radius 3 is 2.76 bits per heavy atom. The maximum atomic E-state index is 11.8. The maximum absolute atomic E-state index is 11.8. The van der Waals surface area contributed by atoms with Gasteiger partial charge in [0.05, 0.1) is 12.7 Å². The minimum Gasteiger partial charge on any atom is -0.465 e. The van der Waals surface area contributed by atoms with E-state index in [0.717, 1.165) is 18.7 Å². The first-order valence-corrected chi connectivity index (χ1v) is 7.61. The van der Waals surface area contributed by atoms with Crippen LogP contribution >= 0.6 is 0 Å². The van der Waals surface area contributed by atoms with Crippen LogP contribution in [0.15, 0.2) is 35.9 Å². The second-order valence-electron chi connectivity index (χ2n) is 6.11. The summed E-state index contributed by atoms with van der Waals surface area (Å²) in [4.78, 5) is 11.8. The highest BCUT2D eigenvalue weighted by molar-refractivity contribution is 5.95. The van der Waals surface area contributed by atoms with Crippen LogP contribution < -0.4 is 5.32 Å². The number of allylic oxidation sites excluding steroid dienone is 2. The van der Waals surface area contributed by atoms with E-state index in [-0.39, 0.29) is 5.97 Å². The first kappa shape index (κ1) is 15.6. The number of hydrogen-bond donors (Lipinski definition) is 1. The molecule has 3 nitrogen and oxygen atoms in total. The first-order valence-electron chi connectivity index (χ1n) is 7.61. The van der Waals surface area contributed by atoms with Gasteiger partial charge in [0.15, 0.2) is 0 Å². The van der Waals surface area contributed by atoms with Gasteiger partial charge >= 0.3 is 5.97 Å². The largest absolute Gasteiger partial charge is 0.465 e. The SMILES string of the molecule is COC(=O)c1ccccc1NCC1CC(C)=CC(C)C1C. The van der Waals surface area contributed by atoms with Crippen molar-refractivity contribution < 1.29 is 9.53 Å². The van der Waals surface area contributed by atoms with Crippen molar-refractivity contribution in [3.63, 3.8) is 0 Å². The van der Waals surface area contributed by atoms with E-state index in [1.54, 1.807) is 6.07 Å². The summed E-state index contributed by atoms with van der Waals surface area (Å²) in [7, 11) is 1.41. The average molecular weight is 287 g/mol. The fraction of sp³-hybridized carbons (Fsp3) is 0.500. The van der Waals surface area contributed by atoms with Crippen LogP contribution in [0.25, 0.3) is 0 Å². The van der Waals surface area contributed by atoms with Crippen molar-refractivity contribution in [3.8, 4) is 0 Å². The summed E-state index contributed by atoms with van der Waals surface area (Å²) >= 11 is 0. The molecule has 0 heterocycles. The number of anilines is 1. The third-order valence-corrected chi connectivity index (χ3v) is 4.59. The van der Waals surface area contributed by atoms with Crippen molar-refractivity contribution in [1.29, 1.82) is 0 Å². The monoisotopic (exact) mass is 287 g/mol. The Bertz CT molecular complexity index is 536. The molecule has 0 spiro atoms. The molecule has 0 saturated carbocycles. The second-order valence-corrected chi connectivity index (χ2v) is 6.11. The van der Waals surface area contributed by atoms with Crippen LogP contribution in [-0.4, -0.2) is 19.6 Å². The van der Waals surface area contributed by atoms with Gasteiger partial charge in [0.25, 0.3) is 0 Å². The van der Waals surface area contributed by atoms with Gasteiger partial charge in [0, 0.05) is 12.2 Å². The summed E-state index contributed by atoms with van der Waals surface area (Å²) in [5.74, 6) is 1.56. The van der Waals surface area contributed by atoms with Gasteiger partial charge in [0.1, 0.15) is 0 Å². The van der Waals surface area contributed by atoms with E-state index in [1.807, 2.05) is 18.2 Å². The molecule has 0 amide bonds. The van der Waals surface area contributed by atoms with Gasteiger partial charge in [-0.15, -0.1) is 0 Å². The van der Waals surface area contributed by atoms with Crippen molar-refractivity contribution >= 4 is 11.7 Å².